The Morgan fingerprint density at radius 3 is 2.23 bits per heavy atom. The predicted molar refractivity (Wildman–Crippen MR) is 75.2 cm³/mol. The summed E-state index contributed by atoms with van der Waals surface area (Å²) in [6, 6.07) is 7.42. The zero-order chi connectivity index (χ0) is 15.9. The monoisotopic (exact) mass is 326 g/mol. The molecule has 0 amide bonds. The van der Waals surface area contributed by atoms with Gasteiger partial charge in [0.15, 0.2) is 12.2 Å². The number of rotatable bonds is 2. The summed E-state index contributed by atoms with van der Waals surface area (Å²) >= 11 is 6.41. The van der Waals surface area contributed by atoms with Gasteiger partial charge in [-0.05, 0) is 12.0 Å². The summed E-state index contributed by atoms with van der Waals surface area (Å²) in [6.07, 6.45) is -1.92. The Morgan fingerprint density at radius 2 is 1.68 bits per heavy atom. The van der Waals surface area contributed by atoms with Crippen molar-refractivity contribution in [3.63, 3.8) is 0 Å². The largest absolute Gasteiger partial charge is 0.467 e. The molecule has 2 aliphatic rings. The van der Waals surface area contributed by atoms with Gasteiger partial charge in [-0.25, -0.2) is 9.59 Å². The fourth-order valence-corrected chi connectivity index (χ4v) is 3.30. The summed E-state index contributed by atoms with van der Waals surface area (Å²) in [4.78, 5) is 23.9. The van der Waals surface area contributed by atoms with Gasteiger partial charge < -0.3 is 18.9 Å². The van der Waals surface area contributed by atoms with Gasteiger partial charge in [0.25, 0.3) is 0 Å². The maximum Gasteiger partial charge on any atom is 0.338 e. The van der Waals surface area contributed by atoms with Crippen molar-refractivity contribution in [3.8, 4) is 0 Å². The topological polar surface area (TPSA) is 71.1 Å². The van der Waals surface area contributed by atoms with Crippen molar-refractivity contribution >= 4 is 23.5 Å². The Kier molecular flexibility index (Phi) is 3.84. The van der Waals surface area contributed by atoms with Gasteiger partial charge in [-0.2, -0.15) is 0 Å². The van der Waals surface area contributed by atoms with Crippen molar-refractivity contribution in [2.45, 2.75) is 29.8 Å². The highest BCUT2D eigenvalue weighted by molar-refractivity contribution is 6.22. The van der Waals surface area contributed by atoms with Crippen LogP contribution < -0.4 is 0 Å². The van der Waals surface area contributed by atoms with E-state index in [0.29, 0.717) is 6.42 Å². The highest BCUT2D eigenvalue weighted by atomic mass is 35.5. The fourth-order valence-electron chi connectivity index (χ4n) is 2.91. The number of fused-ring (bicyclic) bond motifs is 2. The number of carbonyl (C=O) groups is 2. The molecule has 0 saturated carbocycles. The maximum atomic E-state index is 11.9. The summed E-state index contributed by atoms with van der Waals surface area (Å²) < 4.78 is 21.0. The van der Waals surface area contributed by atoms with Crippen LogP contribution in [0.5, 0.6) is 0 Å². The lowest BCUT2D eigenvalue weighted by molar-refractivity contribution is -0.191. The average Bonchev–Trinajstić information content (AvgIpc) is 3.07. The SMILES string of the molecule is COC(=O)[C@@H]1OC2(O[C@H]1C(=O)OC)c1ccccc1C[C@@H]2Cl. The maximum absolute atomic E-state index is 11.9. The number of benzene rings is 1. The molecule has 1 aliphatic heterocycles. The lowest BCUT2D eigenvalue weighted by atomic mass is 10.1. The summed E-state index contributed by atoms with van der Waals surface area (Å²) in [5.41, 5.74) is 1.67. The Morgan fingerprint density at radius 1 is 1.14 bits per heavy atom. The summed E-state index contributed by atoms with van der Waals surface area (Å²) in [5, 5.41) is -0.563. The minimum absolute atomic E-state index is 0.513. The molecule has 0 N–H and O–H groups in total. The molecule has 3 rings (SSSR count). The van der Waals surface area contributed by atoms with Crippen LogP contribution in [0.2, 0.25) is 0 Å². The van der Waals surface area contributed by atoms with Crippen LogP contribution in [0, 0.1) is 0 Å². The molecule has 1 aromatic carbocycles. The lowest BCUT2D eigenvalue weighted by Crippen LogP contribution is -2.38. The van der Waals surface area contributed by atoms with Gasteiger partial charge in [-0.3, -0.25) is 0 Å². The van der Waals surface area contributed by atoms with E-state index in [2.05, 4.69) is 0 Å². The number of hydrogen-bond acceptors (Lipinski definition) is 6. The van der Waals surface area contributed by atoms with Gasteiger partial charge in [-0.1, -0.05) is 24.3 Å². The third-order valence-corrected chi connectivity index (χ3v) is 4.39. The molecule has 1 aromatic rings. The molecule has 118 valence electrons. The van der Waals surface area contributed by atoms with E-state index in [1.165, 1.54) is 14.2 Å². The number of methoxy groups -OCH3 is 2. The zero-order valence-corrected chi connectivity index (χ0v) is 12.8. The van der Waals surface area contributed by atoms with Gasteiger partial charge in [0.1, 0.15) is 0 Å². The molecular weight excluding hydrogens is 312 g/mol. The van der Waals surface area contributed by atoms with E-state index in [4.69, 9.17) is 30.5 Å². The van der Waals surface area contributed by atoms with Gasteiger partial charge in [0.05, 0.1) is 19.6 Å². The Balaban J connectivity index is 2.03. The molecule has 0 bridgehead atoms. The first-order chi connectivity index (χ1) is 10.5. The summed E-state index contributed by atoms with van der Waals surface area (Å²) in [5.74, 6) is -2.77. The number of esters is 2. The fraction of sp³-hybridized carbons (Fsp3) is 0.467. The van der Waals surface area contributed by atoms with E-state index in [9.17, 15) is 9.59 Å². The quantitative estimate of drug-likeness (QED) is 0.599. The Bertz CT molecular complexity index is 592. The van der Waals surface area contributed by atoms with Crippen molar-refractivity contribution in [2.24, 2.45) is 0 Å². The molecule has 3 atom stereocenters. The van der Waals surface area contributed by atoms with Crippen LogP contribution in [-0.2, 0) is 40.7 Å². The molecule has 1 fully saturated rings. The smallest absolute Gasteiger partial charge is 0.338 e. The average molecular weight is 327 g/mol. The second kappa shape index (κ2) is 5.53. The predicted octanol–water partition coefficient (Wildman–Crippen LogP) is 1.13. The van der Waals surface area contributed by atoms with Gasteiger partial charge >= 0.3 is 11.9 Å². The second-order valence-corrected chi connectivity index (χ2v) is 5.65. The molecule has 0 radical (unpaired) electrons. The van der Waals surface area contributed by atoms with Crippen LogP contribution in [0.1, 0.15) is 11.1 Å². The van der Waals surface area contributed by atoms with Gasteiger partial charge in [0.2, 0.25) is 5.79 Å². The molecule has 1 saturated heterocycles. The Labute approximate surface area is 132 Å². The molecule has 0 aromatic heterocycles. The highest BCUT2D eigenvalue weighted by Crippen LogP contribution is 2.49. The van der Waals surface area contributed by atoms with E-state index >= 15 is 0 Å². The van der Waals surface area contributed by atoms with Crippen LogP contribution in [0.3, 0.4) is 0 Å². The minimum atomic E-state index is -1.35. The minimum Gasteiger partial charge on any atom is -0.467 e. The number of ether oxygens (including phenoxy) is 4. The number of alkyl halides is 1. The molecule has 7 heteroatoms. The van der Waals surface area contributed by atoms with Crippen molar-refractivity contribution in [1.29, 1.82) is 0 Å². The molecular formula is C15H15ClO6. The molecule has 6 nitrogen and oxygen atoms in total. The molecule has 1 spiro atoms. The van der Waals surface area contributed by atoms with E-state index < -0.39 is 35.3 Å². The van der Waals surface area contributed by atoms with E-state index in [0.717, 1.165) is 11.1 Å². The number of hydrogen-bond donors (Lipinski definition) is 0. The van der Waals surface area contributed by atoms with Crippen LogP contribution in [0.25, 0.3) is 0 Å². The molecule has 1 heterocycles. The number of carbonyl (C=O) groups excluding carboxylic acids is 2. The third kappa shape index (κ3) is 2.10. The van der Waals surface area contributed by atoms with Crippen molar-refractivity contribution in [1.82, 2.24) is 0 Å². The van der Waals surface area contributed by atoms with Crippen LogP contribution in [0.15, 0.2) is 24.3 Å². The molecule has 0 unspecified atom stereocenters. The van der Waals surface area contributed by atoms with Crippen molar-refractivity contribution in [2.75, 3.05) is 14.2 Å². The van der Waals surface area contributed by atoms with Crippen LogP contribution in [-0.4, -0.2) is 43.7 Å². The van der Waals surface area contributed by atoms with E-state index in [1.807, 2.05) is 24.3 Å². The standard InChI is InChI=1S/C15H15ClO6/c1-19-13(17)11-12(14(18)20-2)22-15(21-11)9-6-4-3-5-8(9)7-10(15)16/h3-6,10-12H,7H2,1-2H3/t10-,11+,12+/m0/s1. The highest BCUT2D eigenvalue weighted by Gasteiger charge is 2.61. The zero-order valence-electron chi connectivity index (χ0n) is 12.1. The van der Waals surface area contributed by atoms with E-state index in [1.54, 1.807) is 0 Å². The third-order valence-electron chi connectivity index (χ3n) is 3.95. The van der Waals surface area contributed by atoms with Gasteiger partial charge in [-0.15, -0.1) is 11.6 Å². The number of halogens is 1. The van der Waals surface area contributed by atoms with Crippen molar-refractivity contribution in [3.05, 3.63) is 35.4 Å². The van der Waals surface area contributed by atoms with Gasteiger partial charge in [0, 0.05) is 5.56 Å². The van der Waals surface area contributed by atoms with Crippen molar-refractivity contribution < 1.29 is 28.5 Å². The first-order valence-electron chi connectivity index (χ1n) is 6.77. The first kappa shape index (κ1) is 15.3. The van der Waals surface area contributed by atoms with E-state index in [-0.39, 0.29) is 0 Å². The summed E-state index contributed by atoms with van der Waals surface area (Å²) in [7, 11) is 2.43. The van der Waals surface area contributed by atoms with Crippen LogP contribution >= 0.6 is 11.6 Å². The van der Waals surface area contributed by atoms with Crippen LogP contribution in [0.4, 0.5) is 0 Å². The Hall–Kier alpha value is -1.63. The molecule has 22 heavy (non-hydrogen) atoms. The normalized spacial score (nSPS) is 28.4. The second-order valence-electron chi connectivity index (χ2n) is 5.12. The lowest BCUT2D eigenvalue weighted by Gasteiger charge is -2.27. The summed E-state index contributed by atoms with van der Waals surface area (Å²) in [6.45, 7) is 0. The first-order valence-corrected chi connectivity index (χ1v) is 7.21. The molecule has 1 aliphatic carbocycles.